The fourth-order valence-corrected chi connectivity index (χ4v) is 2.00. The molecule has 0 unspecified atom stereocenters. The molecule has 0 amide bonds. The summed E-state index contributed by atoms with van der Waals surface area (Å²) in [6.45, 7) is 1.52. The Morgan fingerprint density at radius 3 is 2.62 bits per heavy atom. The van der Waals surface area contributed by atoms with Crippen molar-refractivity contribution >= 4 is 17.5 Å². The Labute approximate surface area is 102 Å². The summed E-state index contributed by atoms with van der Waals surface area (Å²) in [6.07, 6.45) is 2.63. The summed E-state index contributed by atoms with van der Waals surface area (Å²) < 4.78 is 0. The lowest BCUT2D eigenvalue weighted by atomic mass is 10.1. The van der Waals surface area contributed by atoms with Crippen molar-refractivity contribution in [3.63, 3.8) is 0 Å². The van der Waals surface area contributed by atoms with Crippen LogP contribution in [0.15, 0.2) is 30.3 Å². The summed E-state index contributed by atoms with van der Waals surface area (Å²) in [4.78, 5) is 13.8. The summed E-state index contributed by atoms with van der Waals surface area (Å²) >= 11 is 1.81. The predicted octanol–water partition coefficient (Wildman–Crippen LogP) is 2.09. The Bertz CT molecular complexity index is 313. The number of carbonyl (C=O) groups excluding carboxylic acids is 1. The molecule has 0 saturated carbocycles. The van der Waals surface area contributed by atoms with Gasteiger partial charge in [0.05, 0.1) is 6.54 Å². The minimum absolute atomic E-state index is 0.287. The molecule has 1 rings (SSSR count). The first-order valence-electron chi connectivity index (χ1n) is 5.45. The van der Waals surface area contributed by atoms with Crippen LogP contribution in [0.5, 0.6) is 0 Å². The third kappa shape index (κ3) is 5.33. The molecule has 0 aliphatic rings. The molecule has 0 atom stereocenters. The van der Waals surface area contributed by atoms with Crippen molar-refractivity contribution in [1.82, 2.24) is 4.90 Å². The predicted molar refractivity (Wildman–Crippen MR) is 71.0 cm³/mol. The lowest BCUT2D eigenvalue weighted by Gasteiger charge is -2.14. The second-order valence-corrected chi connectivity index (χ2v) is 4.92. The van der Waals surface area contributed by atoms with E-state index in [1.165, 1.54) is 0 Å². The molecule has 0 radical (unpaired) electrons. The number of ketones is 1. The van der Waals surface area contributed by atoms with Gasteiger partial charge in [-0.3, -0.25) is 9.69 Å². The maximum atomic E-state index is 11.7. The summed E-state index contributed by atoms with van der Waals surface area (Å²) in [6, 6.07) is 9.91. The molecule has 0 N–H and O–H groups in total. The van der Waals surface area contributed by atoms with Crippen LogP contribution in [0.3, 0.4) is 0 Å². The first-order chi connectivity index (χ1) is 7.72. The third-order valence-corrected chi connectivity index (χ3v) is 2.96. The Kier molecular flexibility index (Phi) is 6.19. The van der Waals surface area contributed by atoms with E-state index in [1.54, 1.807) is 0 Å². The van der Waals surface area contributed by atoms with Crippen molar-refractivity contribution in [3.8, 4) is 0 Å². The number of hydrogen-bond acceptors (Lipinski definition) is 3. The normalized spacial score (nSPS) is 10.7. The quantitative estimate of drug-likeness (QED) is 0.724. The van der Waals surface area contributed by atoms with Crippen molar-refractivity contribution in [1.29, 1.82) is 0 Å². The molecule has 88 valence electrons. The van der Waals surface area contributed by atoms with Gasteiger partial charge in [-0.15, -0.1) is 0 Å². The molecule has 0 fully saturated rings. The Morgan fingerprint density at radius 1 is 1.31 bits per heavy atom. The number of Topliss-reactive ketones (excluding diaryl/α,β-unsaturated/α-hetero) is 1. The van der Waals surface area contributed by atoms with Gasteiger partial charge in [0.2, 0.25) is 0 Å². The average molecular weight is 237 g/mol. The van der Waals surface area contributed by atoms with Crippen molar-refractivity contribution in [2.45, 2.75) is 6.42 Å². The zero-order valence-electron chi connectivity index (χ0n) is 9.98. The van der Waals surface area contributed by atoms with Crippen LogP contribution in [-0.4, -0.2) is 42.8 Å². The molecule has 0 aliphatic heterocycles. The molecule has 0 bridgehead atoms. The van der Waals surface area contributed by atoms with Crippen LogP contribution < -0.4 is 0 Å². The highest BCUT2D eigenvalue weighted by molar-refractivity contribution is 7.98. The second-order valence-electron chi connectivity index (χ2n) is 3.93. The summed E-state index contributed by atoms with van der Waals surface area (Å²) in [5.41, 5.74) is 1.10. The third-order valence-electron chi connectivity index (χ3n) is 2.37. The Morgan fingerprint density at radius 2 is 2.00 bits per heavy atom. The molecule has 0 aliphatic carbocycles. The average Bonchev–Trinajstić information content (AvgIpc) is 2.27. The van der Waals surface area contributed by atoms with Gasteiger partial charge in [-0.05, 0) is 18.9 Å². The van der Waals surface area contributed by atoms with E-state index < -0.39 is 0 Å². The summed E-state index contributed by atoms with van der Waals surface area (Å²) in [7, 11) is 2.00. The summed E-state index contributed by atoms with van der Waals surface area (Å²) in [5.74, 6) is 1.37. The first-order valence-corrected chi connectivity index (χ1v) is 6.85. The van der Waals surface area contributed by atoms with Gasteiger partial charge in [-0.1, -0.05) is 30.3 Å². The van der Waals surface area contributed by atoms with E-state index in [1.807, 2.05) is 49.1 Å². The van der Waals surface area contributed by atoms with Crippen LogP contribution in [0.25, 0.3) is 0 Å². The molecule has 16 heavy (non-hydrogen) atoms. The number of nitrogens with zero attached hydrogens (tertiary/aromatic N) is 1. The second kappa shape index (κ2) is 7.47. The van der Waals surface area contributed by atoms with Gasteiger partial charge in [0.15, 0.2) is 5.78 Å². The topological polar surface area (TPSA) is 20.3 Å². The standard InChI is InChI=1S/C13H19NOS/c1-14(8-9-16-2)11-13(15)10-12-6-4-3-5-7-12/h3-7H,8-11H2,1-2H3. The highest BCUT2D eigenvalue weighted by Crippen LogP contribution is 2.01. The van der Waals surface area contributed by atoms with Crippen molar-refractivity contribution in [2.24, 2.45) is 0 Å². The molecule has 0 aromatic heterocycles. The number of thioether (sulfide) groups is 1. The van der Waals surface area contributed by atoms with E-state index in [2.05, 4.69) is 11.2 Å². The van der Waals surface area contributed by atoms with Crippen LogP contribution in [0.1, 0.15) is 5.56 Å². The highest BCUT2D eigenvalue weighted by atomic mass is 32.2. The molecule has 1 aromatic rings. The molecule has 2 nitrogen and oxygen atoms in total. The van der Waals surface area contributed by atoms with Crippen LogP contribution in [-0.2, 0) is 11.2 Å². The zero-order valence-corrected chi connectivity index (χ0v) is 10.8. The molecule has 0 saturated heterocycles. The summed E-state index contributed by atoms with van der Waals surface area (Å²) in [5, 5.41) is 0. The van der Waals surface area contributed by atoms with Gasteiger partial charge in [-0.25, -0.2) is 0 Å². The minimum Gasteiger partial charge on any atom is -0.298 e. The molecular formula is C13H19NOS. The van der Waals surface area contributed by atoms with Gasteiger partial charge < -0.3 is 0 Å². The van der Waals surface area contributed by atoms with Gasteiger partial charge in [0.1, 0.15) is 0 Å². The van der Waals surface area contributed by atoms with Crippen molar-refractivity contribution in [3.05, 3.63) is 35.9 Å². The van der Waals surface area contributed by atoms with Crippen molar-refractivity contribution in [2.75, 3.05) is 32.1 Å². The number of rotatable bonds is 7. The van der Waals surface area contributed by atoms with E-state index >= 15 is 0 Å². The largest absolute Gasteiger partial charge is 0.298 e. The number of carbonyl (C=O) groups is 1. The lowest BCUT2D eigenvalue weighted by molar-refractivity contribution is -0.119. The highest BCUT2D eigenvalue weighted by Gasteiger charge is 2.06. The van der Waals surface area contributed by atoms with Gasteiger partial charge in [0, 0.05) is 18.7 Å². The fourth-order valence-electron chi connectivity index (χ4n) is 1.51. The maximum Gasteiger partial charge on any atom is 0.151 e. The molecular weight excluding hydrogens is 218 g/mol. The van der Waals surface area contributed by atoms with E-state index in [9.17, 15) is 4.79 Å². The maximum absolute atomic E-state index is 11.7. The van der Waals surface area contributed by atoms with Gasteiger partial charge >= 0.3 is 0 Å². The zero-order chi connectivity index (χ0) is 11.8. The van der Waals surface area contributed by atoms with Crippen LogP contribution in [0.4, 0.5) is 0 Å². The van der Waals surface area contributed by atoms with E-state index in [4.69, 9.17) is 0 Å². The van der Waals surface area contributed by atoms with Gasteiger partial charge in [0.25, 0.3) is 0 Å². The lowest BCUT2D eigenvalue weighted by Crippen LogP contribution is -2.28. The van der Waals surface area contributed by atoms with Gasteiger partial charge in [-0.2, -0.15) is 11.8 Å². The van der Waals surface area contributed by atoms with Crippen LogP contribution in [0, 0.1) is 0 Å². The van der Waals surface area contributed by atoms with Crippen LogP contribution >= 0.6 is 11.8 Å². The number of hydrogen-bond donors (Lipinski definition) is 0. The Balaban J connectivity index is 2.31. The fraction of sp³-hybridized carbons (Fsp3) is 0.462. The van der Waals surface area contributed by atoms with E-state index in [0.717, 1.165) is 17.9 Å². The number of benzene rings is 1. The van der Waals surface area contributed by atoms with E-state index in [-0.39, 0.29) is 5.78 Å². The molecule has 0 spiro atoms. The number of likely N-dealkylation sites (N-methyl/N-ethyl adjacent to an activating group) is 1. The monoisotopic (exact) mass is 237 g/mol. The SMILES string of the molecule is CSCCN(C)CC(=O)Cc1ccccc1. The first kappa shape index (κ1) is 13.3. The smallest absolute Gasteiger partial charge is 0.151 e. The van der Waals surface area contributed by atoms with E-state index in [0.29, 0.717) is 13.0 Å². The van der Waals surface area contributed by atoms with Crippen molar-refractivity contribution < 1.29 is 4.79 Å². The minimum atomic E-state index is 0.287. The molecule has 0 heterocycles. The molecule has 3 heteroatoms. The Hall–Kier alpha value is -0.800. The van der Waals surface area contributed by atoms with Crippen LogP contribution in [0.2, 0.25) is 0 Å². The molecule has 1 aromatic carbocycles.